The number of hydrogen-bond acceptors (Lipinski definition) is 4. The van der Waals surface area contributed by atoms with Crippen molar-refractivity contribution < 1.29 is 18.7 Å². The summed E-state index contributed by atoms with van der Waals surface area (Å²) in [6.07, 6.45) is 1.62. The molecule has 2 heterocycles. The van der Waals surface area contributed by atoms with Gasteiger partial charge in [0.15, 0.2) is 11.5 Å². The van der Waals surface area contributed by atoms with Gasteiger partial charge in [-0.05, 0) is 42.5 Å². The molecule has 1 aliphatic rings. The van der Waals surface area contributed by atoms with E-state index in [0.29, 0.717) is 17.3 Å². The molecule has 0 saturated heterocycles. The molecule has 5 nitrogen and oxygen atoms in total. The van der Waals surface area contributed by atoms with E-state index >= 15 is 0 Å². The van der Waals surface area contributed by atoms with Gasteiger partial charge in [-0.25, -0.2) is 9.37 Å². The van der Waals surface area contributed by atoms with Crippen LogP contribution in [0.3, 0.4) is 0 Å². The number of amides is 1. The molecule has 1 aromatic heterocycles. The largest absolute Gasteiger partial charge is 0.454 e. The van der Waals surface area contributed by atoms with Gasteiger partial charge in [-0.1, -0.05) is 27.5 Å². The fraction of sp³-hybridized carbons (Fsp3) is 0.0526. The topological polar surface area (TPSA) is 60.5 Å². The van der Waals surface area contributed by atoms with Crippen LogP contribution in [-0.4, -0.2) is 17.7 Å². The summed E-state index contributed by atoms with van der Waals surface area (Å²) in [5.41, 5.74) is 1.74. The van der Waals surface area contributed by atoms with E-state index in [1.807, 2.05) is 12.1 Å². The van der Waals surface area contributed by atoms with E-state index in [-0.39, 0.29) is 17.4 Å². The Bertz CT molecular complexity index is 1040. The van der Waals surface area contributed by atoms with E-state index < -0.39 is 11.7 Å². The lowest BCUT2D eigenvalue weighted by Crippen LogP contribution is -2.13. The van der Waals surface area contributed by atoms with Crippen LogP contribution in [0.2, 0.25) is 5.02 Å². The van der Waals surface area contributed by atoms with Crippen LogP contribution in [-0.2, 0) is 0 Å². The number of rotatable bonds is 3. The third kappa shape index (κ3) is 3.61. The van der Waals surface area contributed by atoms with Crippen LogP contribution in [0, 0.1) is 5.82 Å². The number of carbonyl (C=O) groups is 1. The zero-order valence-corrected chi connectivity index (χ0v) is 16.0. The molecule has 0 spiro atoms. The Morgan fingerprint density at radius 2 is 1.93 bits per heavy atom. The molecule has 4 rings (SSSR count). The van der Waals surface area contributed by atoms with Gasteiger partial charge >= 0.3 is 0 Å². The Kier molecular flexibility index (Phi) is 4.72. The predicted molar refractivity (Wildman–Crippen MR) is 103 cm³/mol. The normalized spacial score (nSPS) is 12.1. The maximum atomic E-state index is 13.3. The second-order valence-corrected chi connectivity index (χ2v) is 6.96. The molecule has 2 aromatic carbocycles. The minimum absolute atomic E-state index is 0.0426. The fourth-order valence-electron chi connectivity index (χ4n) is 2.62. The highest BCUT2D eigenvalue weighted by atomic mass is 79.9. The highest BCUT2D eigenvalue weighted by Crippen LogP contribution is 2.41. The molecule has 0 bridgehead atoms. The van der Waals surface area contributed by atoms with Gasteiger partial charge in [-0.15, -0.1) is 0 Å². The van der Waals surface area contributed by atoms with Crippen LogP contribution in [0.1, 0.15) is 10.4 Å². The van der Waals surface area contributed by atoms with Gasteiger partial charge in [-0.3, -0.25) is 4.79 Å². The average Bonchev–Trinajstić information content (AvgIpc) is 3.11. The molecule has 1 N–H and O–H groups in total. The molecule has 3 aromatic rings. The number of carbonyl (C=O) groups excluding carboxylic acids is 1. The summed E-state index contributed by atoms with van der Waals surface area (Å²) in [5.74, 6) is 0.575. The molecule has 27 heavy (non-hydrogen) atoms. The number of aromatic nitrogens is 1. The van der Waals surface area contributed by atoms with Crippen molar-refractivity contribution >= 4 is 39.3 Å². The van der Waals surface area contributed by atoms with E-state index in [0.717, 1.165) is 21.7 Å². The van der Waals surface area contributed by atoms with Gasteiger partial charge in [0.25, 0.3) is 5.91 Å². The van der Waals surface area contributed by atoms with Crippen molar-refractivity contribution in [2.45, 2.75) is 0 Å². The van der Waals surface area contributed by atoms with E-state index in [1.54, 1.807) is 18.3 Å². The molecule has 136 valence electrons. The lowest BCUT2D eigenvalue weighted by molar-refractivity contribution is 0.102. The number of nitrogens with one attached hydrogen (secondary N) is 1. The molecule has 1 amide bonds. The van der Waals surface area contributed by atoms with Crippen molar-refractivity contribution in [1.82, 2.24) is 4.98 Å². The van der Waals surface area contributed by atoms with Crippen LogP contribution in [0.4, 0.5) is 10.2 Å². The van der Waals surface area contributed by atoms with E-state index in [9.17, 15) is 9.18 Å². The third-order valence-corrected chi connectivity index (χ3v) is 4.94. The van der Waals surface area contributed by atoms with Gasteiger partial charge in [-0.2, -0.15) is 0 Å². The van der Waals surface area contributed by atoms with Gasteiger partial charge in [0, 0.05) is 21.8 Å². The average molecular weight is 450 g/mol. The number of hydrogen-bond donors (Lipinski definition) is 1. The molecule has 8 heteroatoms. The second kappa shape index (κ2) is 7.17. The highest BCUT2D eigenvalue weighted by Gasteiger charge is 2.18. The summed E-state index contributed by atoms with van der Waals surface area (Å²) < 4.78 is 24.9. The zero-order valence-electron chi connectivity index (χ0n) is 13.6. The number of anilines is 1. The summed E-state index contributed by atoms with van der Waals surface area (Å²) in [5, 5.41) is 2.77. The molecule has 0 atom stereocenters. The molecule has 0 saturated carbocycles. The maximum absolute atomic E-state index is 13.3. The van der Waals surface area contributed by atoms with Crippen molar-refractivity contribution in [2.75, 3.05) is 12.1 Å². The molecular weight excluding hydrogens is 439 g/mol. The van der Waals surface area contributed by atoms with Crippen molar-refractivity contribution in [2.24, 2.45) is 0 Å². The quantitative estimate of drug-likeness (QED) is 0.591. The first kappa shape index (κ1) is 17.8. The van der Waals surface area contributed by atoms with Crippen molar-refractivity contribution in [1.29, 1.82) is 0 Å². The predicted octanol–water partition coefficient (Wildman–Crippen LogP) is 5.28. The standard InChI is InChI=1S/C19H11BrClFN2O3/c20-14-7-17-16(26-9-27-17)6-12(14)10-1-4-18(23-8-10)24-19(25)13-5-11(22)2-3-15(13)21/h1-8H,9H2,(H,23,24,25). The number of ether oxygens (including phenoxy) is 2. The Hall–Kier alpha value is -2.64. The smallest absolute Gasteiger partial charge is 0.258 e. The lowest BCUT2D eigenvalue weighted by Gasteiger charge is -2.09. The van der Waals surface area contributed by atoms with Crippen LogP contribution in [0.5, 0.6) is 11.5 Å². The van der Waals surface area contributed by atoms with Crippen LogP contribution in [0.25, 0.3) is 11.1 Å². The zero-order chi connectivity index (χ0) is 19.0. The van der Waals surface area contributed by atoms with E-state index in [4.69, 9.17) is 21.1 Å². The van der Waals surface area contributed by atoms with Gasteiger partial charge in [0.05, 0.1) is 10.6 Å². The monoisotopic (exact) mass is 448 g/mol. The maximum Gasteiger partial charge on any atom is 0.258 e. The Morgan fingerprint density at radius 3 is 2.67 bits per heavy atom. The number of fused-ring (bicyclic) bond motifs is 1. The highest BCUT2D eigenvalue weighted by molar-refractivity contribution is 9.10. The first-order valence-corrected chi connectivity index (χ1v) is 9.00. The number of pyridine rings is 1. The van der Waals surface area contributed by atoms with Crippen LogP contribution in [0.15, 0.2) is 53.1 Å². The number of halogens is 3. The number of nitrogens with zero attached hydrogens (tertiary/aromatic N) is 1. The minimum Gasteiger partial charge on any atom is -0.454 e. The SMILES string of the molecule is O=C(Nc1ccc(-c2cc3c(cc2Br)OCO3)cn1)c1cc(F)ccc1Cl. The van der Waals surface area contributed by atoms with Gasteiger partial charge in [0.2, 0.25) is 6.79 Å². The van der Waals surface area contributed by atoms with E-state index in [1.165, 1.54) is 12.1 Å². The fourth-order valence-corrected chi connectivity index (χ4v) is 3.38. The third-order valence-electron chi connectivity index (χ3n) is 3.95. The first-order valence-electron chi connectivity index (χ1n) is 7.83. The van der Waals surface area contributed by atoms with Crippen molar-refractivity contribution in [3.63, 3.8) is 0 Å². The van der Waals surface area contributed by atoms with Gasteiger partial charge in [0.1, 0.15) is 11.6 Å². The molecule has 0 fully saturated rings. The van der Waals surface area contributed by atoms with Gasteiger partial charge < -0.3 is 14.8 Å². The summed E-state index contributed by atoms with van der Waals surface area (Å²) in [6, 6.07) is 10.7. The van der Waals surface area contributed by atoms with Crippen molar-refractivity contribution in [3.05, 3.63) is 69.5 Å². The second-order valence-electron chi connectivity index (χ2n) is 5.70. The number of benzene rings is 2. The van der Waals surface area contributed by atoms with Crippen molar-refractivity contribution in [3.8, 4) is 22.6 Å². The molecule has 0 radical (unpaired) electrons. The Morgan fingerprint density at radius 1 is 1.15 bits per heavy atom. The summed E-state index contributed by atoms with van der Waals surface area (Å²) >= 11 is 9.46. The summed E-state index contributed by atoms with van der Waals surface area (Å²) in [4.78, 5) is 16.5. The minimum atomic E-state index is -0.541. The van der Waals surface area contributed by atoms with E-state index in [2.05, 4.69) is 26.2 Å². The molecule has 0 unspecified atom stereocenters. The Labute approximate surface area is 167 Å². The first-order chi connectivity index (χ1) is 13.0. The Balaban J connectivity index is 1.56. The summed E-state index contributed by atoms with van der Waals surface area (Å²) in [7, 11) is 0. The van der Waals surface area contributed by atoms with Crippen LogP contribution < -0.4 is 14.8 Å². The summed E-state index contributed by atoms with van der Waals surface area (Å²) in [6.45, 7) is 0.192. The van der Waals surface area contributed by atoms with Crippen LogP contribution >= 0.6 is 27.5 Å². The molecular formula is C19H11BrClFN2O3. The molecule has 0 aliphatic carbocycles. The molecule has 1 aliphatic heterocycles. The lowest BCUT2D eigenvalue weighted by atomic mass is 10.1.